The highest BCUT2D eigenvalue weighted by Crippen LogP contribution is 2.46. The number of alkyl halides is 1. The summed E-state index contributed by atoms with van der Waals surface area (Å²) in [6, 6.07) is 1.85. The summed E-state index contributed by atoms with van der Waals surface area (Å²) in [4.78, 5) is 36.2. The van der Waals surface area contributed by atoms with Crippen molar-refractivity contribution < 1.29 is 18.3 Å². The summed E-state index contributed by atoms with van der Waals surface area (Å²) in [5.41, 5.74) is 8.28. The SMILES string of the molecule is C=CC(=O)N1CC(CN(C)c2nc(OC[C@@]34CCCN3C[C@H](F)C4)nc3c(F)c(-c4nc(N)cc(C)c4C4CC4)ncc23)C1. The molecule has 2 atom stereocenters. The second-order valence-corrected chi connectivity index (χ2v) is 13.0. The molecule has 10 nitrogen and oxygen atoms in total. The van der Waals surface area contributed by atoms with Gasteiger partial charge in [-0.05, 0) is 68.3 Å². The summed E-state index contributed by atoms with van der Waals surface area (Å²) >= 11 is 0. The first-order chi connectivity index (χ1) is 21.2. The quantitative estimate of drug-likeness (QED) is 0.362. The zero-order chi connectivity index (χ0) is 30.7. The number of nitrogens with zero attached hydrogens (tertiary/aromatic N) is 7. The molecule has 0 aromatic carbocycles. The van der Waals surface area contributed by atoms with Crippen LogP contribution in [-0.4, -0.2) is 93.7 Å². The highest BCUT2D eigenvalue weighted by molar-refractivity contribution is 5.92. The van der Waals surface area contributed by atoms with Gasteiger partial charge in [0.25, 0.3) is 0 Å². The van der Waals surface area contributed by atoms with Gasteiger partial charge >= 0.3 is 6.01 Å². The van der Waals surface area contributed by atoms with Gasteiger partial charge in [0.2, 0.25) is 5.91 Å². The number of likely N-dealkylation sites (tertiary alicyclic amines) is 1. The van der Waals surface area contributed by atoms with E-state index in [2.05, 4.69) is 26.4 Å². The zero-order valence-corrected chi connectivity index (χ0v) is 25.2. The lowest BCUT2D eigenvalue weighted by molar-refractivity contribution is -0.131. The number of hydrogen-bond acceptors (Lipinski definition) is 9. The van der Waals surface area contributed by atoms with Crippen molar-refractivity contribution in [2.24, 2.45) is 5.92 Å². The number of anilines is 2. The van der Waals surface area contributed by atoms with Gasteiger partial charge in [-0.25, -0.2) is 13.8 Å². The molecule has 44 heavy (non-hydrogen) atoms. The average Bonchev–Trinajstić information content (AvgIpc) is 3.65. The van der Waals surface area contributed by atoms with Crippen LogP contribution in [0.2, 0.25) is 0 Å². The molecule has 232 valence electrons. The van der Waals surface area contributed by atoms with Crippen LogP contribution in [0.5, 0.6) is 6.01 Å². The maximum atomic E-state index is 16.6. The topological polar surface area (TPSA) is 114 Å². The zero-order valence-electron chi connectivity index (χ0n) is 25.2. The molecule has 12 heteroatoms. The number of ether oxygens (including phenoxy) is 1. The Hall–Kier alpha value is -3.93. The normalized spacial score (nSPS) is 23.5. The number of nitrogens with two attached hydrogens (primary N) is 1. The van der Waals surface area contributed by atoms with E-state index in [0.29, 0.717) is 61.2 Å². The number of aromatic nitrogens is 4. The second kappa shape index (κ2) is 10.9. The fourth-order valence-electron chi connectivity index (χ4n) is 7.43. The Morgan fingerprint density at radius 2 is 2.05 bits per heavy atom. The van der Waals surface area contributed by atoms with Crippen LogP contribution in [0.3, 0.4) is 0 Å². The Morgan fingerprint density at radius 3 is 2.80 bits per heavy atom. The minimum atomic E-state index is -0.894. The van der Waals surface area contributed by atoms with Crippen LogP contribution in [0.4, 0.5) is 20.4 Å². The van der Waals surface area contributed by atoms with Gasteiger partial charge in [0.1, 0.15) is 35.6 Å². The molecule has 1 saturated carbocycles. The van der Waals surface area contributed by atoms with Crippen molar-refractivity contribution >= 4 is 28.4 Å². The van der Waals surface area contributed by atoms with E-state index in [1.54, 1.807) is 11.1 Å². The number of carbonyl (C=O) groups excluding carboxylic acids is 1. The Labute approximate surface area is 255 Å². The van der Waals surface area contributed by atoms with Gasteiger partial charge in [0.05, 0.1) is 16.6 Å². The van der Waals surface area contributed by atoms with Crippen molar-refractivity contribution in [1.29, 1.82) is 0 Å². The molecule has 7 rings (SSSR count). The minimum absolute atomic E-state index is 0.0372. The van der Waals surface area contributed by atoms with Gasteiger partial charge in [-0.1, -0.05) is 6.58 Å². The van der Waals surface area contributed by atoms with E-state index in [0.717, 1.165) is 43.4 Å². The van der Waals surface area contributed by atoms with E-state index in [1.807, 2.05) is 24.9 Å². The summed E-state index contributed by atoms with van der Waals surface area (Å²) in [6.45, 7) is 8.79. The summed E-state index contributed by atoms with van der Waals surface area (Å²) in [5.74, 6) is 0.594. The van der Waals surface area contributed by atoms with Crippen LogP contribution < -0.4 is 15.4 Å². The molecule has 4 aliphatic rings. The average molecular weight is 605 g/mol. The van der Waals surface area contributed by atoms with Gasteiger partial charge in [-0.15, -0.1) is 0 Å². The van der Waals surface area contributed by atoms with E-state index in [1.165, 1.54) is 6.08 Å². The van der Waals surface area contributed by atoms with Gasteiger partial charge in [-0.3, -0.25) is 14.7 Å². The van der Waals surface area contributed by atoms with Crippen LogP contribution in [0, 0.1) is 18.7 Å². The molecule has 3 saturated heterocycles. The Balaban J connectivity index is 1.26. The van der Waals surface area contributed by atoms with Crippen LogP contribution in [0.1, 0.15) is 49.1 Å². The van der Waals surface area contributed by atoms with Gasteiger partial charge in [0.15, 0.2) is 5.82 Å². The van der Waals surface area contributed by atoms with Crippen molar-refractivity contribution in [3.8, 4) is 17.4 Å². The monoisotopic (exact) mass is 604 g/mol. The number of carbonyl (C=O) groups is 1. The van der Waals surface area contributed by atoms with Crippen LogP contribution in [0.15, 0.2) is 24.9 Å². The first-order valence-electron chi connectivity index (χ1n) is 15.4. The predicted octanol–water partition coefficient (Wildman–Crippen LogP) is 4.03. The first-order valence-corrected chi connectivity index (χ1v) is 15.4. The number of pyridine rings is 2. The molecule has 3 aromatic heterocycles. The highest BCUT2D eigenvalue weighted by atomic mass is 19.1. The van der Waals surface area contributed by atoms with E-state index < -0.39 is 17.5 Å². The molecule has 0 radical (unpaired) electrons. The van der Waals surface area contributed by atoms with Gasteiger partial charge in [0, 0.05) is 51.8 Å². The number of amides is 1. The molecule has 6 heterocycles. The molecular formula is C32H38F2N8O2. The lowest BCUT2D eigenvalue weighted by Crippen LogP contribution is -2.53. The molecule has 3 aromatic rings. The predicted molar refractivity (Wildman–Crippen MR) is 164 cm³/mol. The van der Waals surface area contributed by atoms with Gasteiger partial charge < -0.3 is 20.3 Å². The lowest BCUT2D eigenvalue weighted by atomic mass is 9.95. The van der Waals surface area contributed by atoms with E-state index in [9.17, 15) is 9.18 Å². The smallest absolute Gasteiger partial charge is 0.319 e. The number of nitrogen functional groups attached to an aromatic ring is 1. The number of rotatable bonds is 9. The molecule has 2 N–H and O–H groups in total. The Morgan fingerprint density at radius 1 is 1.25 bits per heavy atom. The third-order valence-electron chi connectivity index (χ3n) is 9.71. The number of halogens is 2. The second-order valence-electron chi connectivity index (χ2n) is 13.0. The summed E-state index contributed by atoms with van der Waals surface area (Å²) in [7, 11) is 1.88. The fourth-order valence-corrected chi connectivity index (χ4v) is 7.43. The Bertz CT molecular complexity index is 1640. The molecule has 0 spiro atoms. The van der Waals surface area contributed by atoms with E-state index in [4.69, 9.17) is 15.5 Å². The molecule has 0 unspecified atom stereocenters. The van der Waals surface area contributed by atoms with Crippen LogP contribution in [-0.2, 0) is 4.79 Å². The molecular weight excluding hydrogens is 566 g/mol. The van der Waals surface area contributed by atoms with Gasteiger partial charge in [-0.2, -0.15) is 9.97 Å². The number of aryl methyl sites for hydroxylation is 1. The maximum Gasteiger partial charge on any atom is 0.319 e. The van der Waals surface area contributed by atoms with Crippen molar-refractivity contribution in [2.75, 3.05) is 57.0 Å². The number of hydrogen-bond donors (Lipinski definition) is 1. The van der Waals surface area contributed by atoms with Crippen LogP contribution in [0.25, 0.3) is 22.3 Å². The molecule has 0 bridgehead atoms. The summed E-state index contributed by atoms with van der Waals surface area (Å²) in [5, 5.41) is 0.443. The molecule has 4 fully saturated rings. The first kappa shape index (κ1) is 28.8. The highest BCUT2D eigenvalue weighted by Gasteiger charge is 2.49. The van der Waals surface area contributed by atoms with Crippen molar-refractivity contribution in [1.82, 2.24) is 29.7 Å². The maximum absolute atomic E-state index is 16.6. The molecule has 1 aliphatic carbocycles. The molecule has 3 aliphatic heterocycles. The third kappa shape index (κ3) is 5.02. The van der Waals surface area contributed by atoms with Crippen molar-refractivity contribution in [2.45, 2.75) is 56.7 Å². The largest absolute Gasteiger partial charge is 0.461 e. The van der Waals surface area contributed by atoms with Crippen molar-refractivity contribution in [3.63, 3.8) is 0 Å². The summed E-state index contributed by atoms with van der Waals surface area (Å²) in [6.07, 6.45) is 6.27. The minimum Gasteiger partial charge on any atom is -0.461 e. The standard InChI is InChI=1S/C32H38F2N8O2/c1-4-24(43)41-14-19(15-41)13-40(3)30-22-12-36-29(28-25(20-6-7-20)18(2)10-23(35)37-28)26(34)27(22)38-31(39-30)44-17-32-8-5-9-42(32)16-21(33)11-32/h4,10,12,19-21H,1,5-9,11,13-17H2,2-3H3,(H2,35,37)/t21-,32+/m1/s1. The fraction of sp³-hybridized carbons (Fsp3) is 0.531. The van der Waals surface area contributed by atoms with E-state index >= 15 is 4.39 Å². The van der Waals surface area contributed by atoms with E-state index in [-0.39, 0.29) is 35.7 Å². The summed E-state index contributed by atoms with van der Waals surface area (Å²) < 4.78 is 37.3. The third-order valence-corrected chi connectivity index (χ3v) is 9.71. The van der Waals surface area contributed by atoms with Crippen molar-refractivity contribution in [3.05, 3.63) is 41.9 Å². The Kier molecular flexibility index (Phi) is 7.14. The number of fused-ring (bicyclic) bond motifs is 2. The lowest BCUT2D eigenvalue weighted by Gasteiger charge is -2.40. The van der Waals surface area contributed by atoms with Crippen LogP contribution >= 0.6 is 0 Å². The molecule has 1 amide bonds.